The average Bonchev–Trinajstić information content (AvgIpc) is 2.63. The molecule has 1 aromatic carbocycles. The number of aromatic nitrogens is 1. The van der Waals surface area contributed by atoms with Gasteiger partial charge in [0.15, 0.2) is 0 Å². The van der Waals surface area contributed by atoms with Crippen LogP contribution in [0.1, 0.15) is 17.7 Å². The zero-order valence-corrected chi connectivity index (χ0v) is 14.2. The van der Waals surface area contributed by atoms with Crippen molar-refractivity contribution in [3.05, 3.63) is 66.0 Å². The zero-order chi connectivity index (χ0) is 16.6. The Morgan fingerprint density at radius 3 is 2.62 bits per heavy atom. The van der Waals surface area contributed by atoms with Crippen LogP contribution in [0.2, 0.25) is 0 Å². The van der Waals surface area contributed by atoms with E-state index in [9.17, 15) is 5.11 Å². The second-order valence-corrected chi connectivity index (χ2v) is 6.49. The quantitative estimate of drug-likeness (QED) is 0.847. The van der Waals surface area contributed by atoms with Gasteiger partial charge in [0.1, 0.15) is 0 Å². The molecule has 0 saturated carbocycles. The Hall–Kier alpha value is -1.75. The van der Waals surface area contributed by atoms with Gasteiger partial charge in [-0.25, -0.2) is 0 Å². The van der Waals surface area contributed by atoms with Gasteiger partial charge in [-0.05, 0) is 30.5 Å². The highest BCUT2D eigenvalue weighted by atomic mass is 16.3. The maximum Gasteiger partial charge on any atom is 0.0543 e. The first-order valence-electron chi connectivity index (χ1n) is 8.86. The molecule has 1 aliphatic rings. The summed E-state index contributed by atoms with van der Waals surface area (Å²) < 4.78 is 0. The summed E-state index contributed by atoms with van der Waals surface area (Å²) in [5.41, 5.74) is 2.51. The van der Waals surface area contributed by atoms with Gasteiger partial charge in [0.2, 0.25) is 0 Å². The van der Waals surface area contributed by atoms with Crippen molar-refractivity contribution in [3.63, 3.8) is 0 Å². The Morgan fingerprint density at radius 1 is 1.04 bits per heavy atom. The van der Waals surface area contributed by atoms with Crippen LogP contribution in [0.15, 0.2) is 54.7 Å². The molecule has 4 nitrogen and oxygen atoms in total. The van der Waals surface area contributed by atoms with Crippen molar-refractivity contribution in [2.75, 3.05) is 32.8 Å². The molecule has 1 unspecified atom stereocenters. The number of hydrogen-bond acceptors (Lipinski definition) is 4. The molecule has 1 N–H and O–H groups in total. The molecule has 128 valence electrons. The molecule has 0 spiro atoms. The first-order chi connectivity index (χ1) is 11.8. The molecule has 0 aliphatic carbocycles. The summed E-state index contributed by atoms with van der Waals surface area (Å²) in [7, 11) is 0. The van der Waals surface area contributed by atoms with Gasteiger partial charge in [-0.2, -0.15) is 0 Å². The molecule has 1 aromatic heterocycles. The van der Waals surface area contributed by atoms with Crippen molar-refractivity contribution in [1.82, 2.24) is 14.8 Å². The van der Waals surface area contributed by atoms with Crippen LogP contribution in [-0.2, 0) is 13.0 Å². The van der Waals surface area contributed by atoms with Gasteiger partial charge in [0.25, 0.3) is 0 Å². The number of aliphatic hydroxyl groups is 1. The molecule has 2 heterocycles. The van der Waals surface area contributed by atoms with Crippen LogP contribution in [-0.4, -0.2) is 58.7 Å². The molecular weight excluding hydrogens is 298 g/mol. The number of nitrogens with zero attached hydrogens (tertiary/aromatic N) is 3. The summed E-state index contributed by atoms with van der Waals surface area (Å²) in [6.45, 7) is 5.34. The topological polar surface area (TPSA) is 39.6 Å². The molecule has 0 amide bonds. The monoisotopic (exact) mass is 325 g/mol. The second-order valence-electron chi connectivity index (χ2n) is 6.49. The van der Waals surface area contributed by atoms with Gasteiger partial charge in [-0.1, -0.05) is 36.4 Å². The first-order valence-corrected chi connectivity index (χ1v) is 8.86. The highest BCUT2D eigenvalue weighted by molar-refractivity contribution is 5.15. The van der Waals surface area contributed by atoms with Crippen LogP contribution in [0.3, 0.4) is 0 Å². The number of pyridine rings is 1. The molecule has 0 bridgehead atoms. The fraction of sp³-hybridized carbons (Fsp3) is 0.450. The maximum absolute atomic E-state index is 9.44. The van der Waals surface area contributed by atoms with Crippen molar-refractivity contribution in [1.29, 1.82) is 0 Å². The van der Waals surface area contributed by atoms with Crippen LogP contribution >= 0.6 is 0 Å². The maximum atomic E-state index is 9.44. The number of benzene rings is 1. The second kappa shape index (κ2) is 8.92. The smallest absolute Gasteiger partial charge is 0.0543 e. The van der Waals surface area contributed by atoms with Crippen molar-refractivity contribution < 1.29 is 5.11 Å². The van der Waals surface area contributed by atoms with Gasteiger partial charge in [0, 0.05) is 51.6 Å². The molecule has 1 aliphatic heterocycles. The lowest BCUT2D eigenvalue weighted by molar-refractivity contribution is 0.0556. The average molecular weight is 325 g/mol. The Kier molecular flexibility index (Phi) is 6.35. The van der Waals surface area contributed by atoms with Crippen LogP contribution < -0.4 is 0 Å². The fourth-order valence-electron chi connectivity index (χ4n) is 3.46. The predicted octanol–water partition coefficient (Wildman–Crippen LogP) is 2.19. The summed E-state index contributed by atoms with van der Waals surface area (Å²) in [4.78, 5) is 9.43. The Morgan fingerprint density at radius 2 is 1.88 bits per heavy atom. The van der Waals surface area contributed by atoms with E-state index in [2.05, 4.69) is 51.2 Å². The molecule has 1 fully saturated rings. The lowest BCUT2D eigenvalue weighted by atomic mass is 10.1. The molecular formula is C20H27N3O. The van der Waals surface area contributed by atoms with E-state index in [1.54, 1.807) is 0 Å². The van der Waals surface area contributed by atoms with Gasteiger partial charge in [0.05, 0.1) is 5.69 Å². The van der Waals surface area contributed by atoms with Crippen molar-refractivity contribution in [3.8, 4) is 0 Å². The third-order valence-corrected chi connectivity index (χ3v) is 4.79. The number of aliphatic hydroxyl groups excluding tert-OH is 1. The van der Waals surface area contributed by atoms with Crippen molar-refractivity contribution in [2.45, 2.75) is 25.4 Å². The van der Waals surface area contributed by atoms with Gasteiger partial charge >= 0.3 is 0 Å². The SMILES string of the molecule is OCCC1CN(Cc2ccccn2)CCN1CCc1ccccc1. The summed E-state index contributed by atoms with van der Waals surface area (Å²) in [5, 5.41) is 9.44. The van der Waals surface area contributed by atoms with Crippen LogP contribution in [0.25, 0.3) is 0 Å². The Bertz CT molecular complexity index is 590. The van der Waals surface area contributed by atoms with Crippen LogP contribution in [0.4, 0.5) is 0 Å². The largest absolute Gasteiger partial charge is 0.396 e. The number of piperazine rings is 1. The first kappa shape index (κ1) is 17.1. The normalized spacial score (nSPS) is 19.5. The van der Waals surface area contributed by atoms with E-state index in [0.29, 0.717) is 6.04 Å². The molecule has 1 saturated heterocycles. The molecule has 3 rings (SSSR count). The third-order valence-electron chi connectivity index (χ3n) is 4.79. The summed E-state index contributed by atoms with van der Waals surface area (Å²) >= 11 is 0. The van der Waals surface area contributed by atoms with Gasteiger partial charge in [-0.15, -0.1) is 0 Å². The van der Waals surface area contributed by atoms with E-state index < -0.39 is 0 Å². The van der Waals surface area contributed by atoms with Crippen LogP contribution in [0, 0.1) is 0 Å². The van der Waals surface area contributed by atoms with Gasteiger partial charge in [-0.3, -0.25) is 14.8 Å². The Labute approximate surface area is 144 Å². The highest BCUT2D eigenvalue weighted by Crippen LogP contribution is 2.16. The number of hydrogen-bond donors (Lipinski definition) is 1. The minimum atomic E-state index is 0.254. The van der Waals surface area contributed by atoms with E-state index in [-0.39, 0.29) is 6.61 Å². The van der Waals surface area contributed by atoms with E-state index in [4.69, 9.17) is 0 Å². The third kappa shape index (κ3) is 4.87. The van der Waals surface area contributed by atoms with Gasteiger partial charge < -0.3 is 5.11 Å². The van der Waals surface area contributed by atoms with Crippen molar-refractivity contribution >= 4 is 0 Å². The van der Waals surface area contributed by atoms with E-state index >= 15 is 0 Å². The molecule has 0 radical (unpaired) electrons. The van der Waals surface area contributed by atoms with E-state index in [1.807, 2.05) is 18.3 Å². The lowest BCUT2D eigenvalue weighted by Gasteiger charge is -2.41. The fourth-order valence-corrected chi connectivity index (χ4v) is 3.46. The summed E-state index contributed by atoms with van der Waals surface area (Å²) in [5.74, 6) is 0. The standard InChI is InChI=1S/C20H27N3O/c24-15-10-20-17-22(16-19-8-4-5-11-21-19)13-14-23(20)12-9-18-6-2-1-3-7-18/h1-8,11,20,24H,9-10,12-17H2. The summed E-state index contributed by atoms with van der Waals surface area (Å²) in [6, 6.07) is 17.2. The predicted molar refractivity (Wildman–Crippen MR) is 96.7 cm³/mol. The van der Waals surface area contributed by atoms with E-state index in [0.717, 1.165) is 51.3 Å². The molecule has 2 aromatic rings. The summed E-state index contributed by atoms with van der Waals surface area (Å²) in [6.07, 6.45) is 3.77. The minimum Gasteiger partial charge on any atom is -0.396 e. The zero-order valence-electron chi connectivity index (χ0n) is 14.2. The minimum absolute atomic E-state index is 0.254. The van der Waals surface area contributed by atoms with E-state index in [1.165, 1.54) is 5.56 Å². The number of rotatable bonds is 7. The molecule has 4 heteroatoms. The highest BCUT2D eigenvalue weighted by Gasteiger charge is 2.26. The Balaban J connectivity index is 1.55. The van der Waals surface area contributed by atoms with Crippen molar-refractivity contribution in [2.24, 2.45) is 0 Å². The van der Waals surface area contributed by atoms with Crippen LogP contribution in [0.5, 0.6) is 0 Å². The molecule has 24 heavy (non-hydrogen) atoms. The lowest BCUT2D eigenvalue weighted by Crippen LogP contribution is -2.53. The molecule has 1 atom stereocenters.